The number of nitrogens with zero attached hydrogens (tertiary/aromatic N) is 4. The van der Waals surface area contributed by atoms with Crippen molar-refractivity contribution >= 4 is 56.4 Å². The molecule has 0 radical (unpaired) electrons. The summed E-state index contributed by atoms with van der Waals surface area (Å²) in [7, 11) is 0. The quantitative estimate of drug-likeness (QED) is 0.545. The Bertz CT molecular complexity index is 1500. The molecule has 0 aromatic carbocycles. The number of hydrogen-bond donors (Lipinski definition) is 1. The molecule has 2 fully saturated rings. The summed E-state index contributed by atoms with van der Waals surface area (Å²) in [5, 5.41) is 4.48. The van der Waals surface area contributed by atoms with Gasteiger partial charge in [-0.15, -0.1) is 11.3 Å². The third-order valence-corrected chi connectivity index (χ3v) is 9.98. The summed E-state index contributed by atoms with van der Waals surface area (Å²) in [6.07, 6.45) is 8.90. The van der Waals surface area contributed by atoms with Crippen LogP contribution in [0.15, 0.2) is 17.2 Å². The van der Waals surface area contributed by atoms with Gasteiger partial charge in [-0.05, 0) is 50.2 Å². The maximum absolute atomic E-state index is 13.7. The lowest BCUT2D eigenvalue weighted by Crippen LogP contribution is -2.46. The van der Waals surface area contributed by atoms with Gasteiger partial charge in [0, 0.05) is 30.3 Å². The van der Waals surface area contributed by atoms with Gasteiger partial charge < -0.3 is 10.2 Å². The van der Waals surface area contributed by atoms with Crippen molar-refractivity contribution in [3.63, 3.8) is 0 Å². The molecule has 8 nitrogen and oxygen atoms in total. The molecule has 5 heterocycles. The molecule has 36 heavy (non-hydrogen) atoms. The molecule has 10 heteroatoms. The van der Waals surface area contributed by atoms with Crippen molar-refractivity contribution < 1.29 is 9.59 Å². The van der Waals surface area contributed by atoms with Crippen LogP contribution in [0.3, 0.4) is 0 Å². The average Bonchev–Trinajstić information content (AvgIpc) is 3.51. The molecule has 1 spiro atoms. The molecular formula is C26H26ClN5O3S. The number of aryl methyl sites for hydroxylation is 1. The highest BCUT2D eigenvalue weighted by Crippen LogP contribution is 2.46. The number of likely N-dealkylation sites (tertiary alicyclic amines) is 1. The summed E-state index contributed by atoms with van der Waals surface area (Å²) in [4.78, 5) is 52.3. The molecule has 2 aliphatic heterocycles. The highest BCUT2D eigenvalue weighted by Gasteiger charge is 2.47. The van der Waals surface area contributed by atoms with E-state index in [0.717, 1.165) is 74.7 Å². The molecule has 1 saturated heterocycles. The fraction of sp³-hybridized carbons (Fsp3) is 0.500. The molecule has 7 rings (SSSR count). The Kier molecular flexibility index (Phi) is 5.05. The molecule has 0 bridgehead atoms. The standard InChI is InChI=1S/C26H26ClN5O3S/c27-16-11-17(25(35)32-21(16)18(33)12-26(32)6-1-2-7-26)30-22-20-15-5-4-14(24(34)31-8-3-9-31)10-19(15)36-23(20)29-13-28-22/h11,13-14H,1-10,12H2,(H,28,29,30)/t14-/m0/s1. The zero-order valence-corrected chi connectivity index (χ0v) is 21.4. The smallest absolute Gasteiger partial charge is 0.275 e. The van der Waals surface area contributed by atoms with Crippen molar-refractivity contribution in [1.82, 2.24) is 19.4 Å². The lowest BCUT2D eigenvalue weighted by atomic mass is 9.86. The van der Waals surface area contributed by atoms with E-state index < -0.39 is 5.54 Å². The molecule has 2 aliphatic carbocycles. The van der Waals surface area contributed by atoms with Crippen LogP contribution in [0.2, 0.25) is 5.02 Å². The number of aromatic nitrogens is 3. The Labute approximate surface area is 216 Å². The lowest BCUT2D eigenvalue weighted by Gasteiger charge is -2.35. The van der Waals surface area contributed by atoms with Gasteiger partial charge in [-0.25, -0.2) is 9.97 Å². The molecule has 3 aromatic rings. The van der Waals surface area contributed by atoms with Crippen LogP contribution in [0.1, 0.15) is 65.9 Å². The van der Waals surface area contributed by atoms with E-state index in [1.54, 1.807) is 22.0 Å². The van der Waals surface area contributed by atoms with Crippen molar-refractivity contribution in [2.45, 2.75) is 63.3 Å². The summed E-state index contributed by atoms with van der Waals surface area (Å²) >= 11 is 8.19. The summed E-state index contributed by atoms with van der Waals surface area (Å²) < 4.78 is 1.67. The number of hydrogen-bond acceptors (Lipinski definition) is 7. The average molecular weight is 524 g/mol. The maximum atomic E-state index is 13.7. The van der Waals surface area contributed by atoms with Gasteiger partial charge in [0.15, 0.2) is 5.78 Å². The molecular weight excluding hydrogens is 498 g/mol. The number of pyridine rings is 1. The van der Waals surface area contributed by atoms with Crippen LogP contribution in [0.5, 0.6) is 0 Å². The van der Waals surface area contributed by atoms with Crippen LogP contribution in [0.25, 0.3) is 10.2 Å². The maximum Gasteiger partial charge on any atom is 0.275 e. The van der Waals surface area contributed by atoms with Gasteiger partial charge in [0.05, 0.1) is 15.9 Å². The third-order valence-electron chi connectivity index (χ3n) is 8.53. The molecule has 186 valence electrons. The van der Waals surface area contributed by atoms with Crippen LogP contribution in [-0.2, 0) is 23.2 Å². The van der Waals surface area contributed by atoms with Crippen molar-refractivity contribution in [2.75, 3.05) is 18.4 Å². The summed E-state index contributed by atoms with van der Waals surface area (Å²) in [6, 6.07) is 1.57. The minimum atomic E-state index is -0.453. The largest absolute Gasteiger partial charge is 0.342 e. The van der Waals surface area contributed by atoms with Gasteiger partial charge in [0.2, 0.25) is 5.91 Å². The van der Waals surface area contributed by atoms with Crippen molar-refractivity contribution in [3.05, 3.63) is 43.9 Å². The molecule has 0 unspecified atom stereocenters. The van der Waals surface area contributed by atoms with Gasteiger partial charge in [-0.2, -0.15) is 0 Å². The number of halogens is 1. The van der Waals surface area contributed by atoms with E-state index in [1.165, 1.54) is 16.8 Å². The lowest BCUT2D eigenvalue weighted by molar-refractivity contribution is -0.139. The van der Waals surface area contributed by atoms with Crippen LogP contribution in [-0.4, -0.2) is 44.2 Å². The SMILES string of the molecule is O=C1CC2(CCCC2)n2c1c(Cl)cc(Nc1ncnc3sc4c(c13)CC[C@H](C(=O)N1CCC1)C4)c2=O. The molecule has 1 N–H and O–H groups in total. The predicted octanol–water partition coefficient (Wildman–Crippen LogP) is 4.44. The number of carbonyl (C=O) groups excluding carboxylic acids is 2. The molecule has 1 amide bonds. The number of Topliss-reactive ketones (excluding diaryl/α,β-unsaturated/α-hetero) is 1. The first-order valence-corrected chi connectivity index (χ1v) is 13.9. The van der Waals surface area contributed by atoms with E-state index in [2.05, 4.69) is 15.3 Å². The molecule has 1 atom stereocenters. The Morgan fingerprint density at radius 3 is 2.72 bits per heavy atom. The van der Waals surface area contributed by atoms with Gasteiger partial charge >= 0.3 is 0 Å². The minimum absolute atomic E-state index is 0.0236. The second-order valence-electron chi connectivity index (χ2n) is 10.6. The van der Waals surface area contributed by atoms with E-state index in [1.807, 2.05) is 4.90 Å². The molecule has 3 aromatic heterocycles. The normalized spacial score (nSPS) is 22.1. The van der Waals surface area contributed by atoms with Crippen molar-refractivity contribution in [3.8, 4) is 0 Å². The van der Waals surface area contributed by atoms with Crippen LogP contribution in [0, 0.1) is 5.92 Å². The highest BCUT2D eigenvalue weighted by molar-refractivity contribution is 7.19. The minimum Gasteiger partial charge on any atom is -0.342 e. The Morgan fingerprint density at radius 1 is 1.17 bits per heavy atom. The van der Waals surface area contributed by atoms with Crippen LogP contribution in [0.4, 0.5) is 11.5 Å². The Morgan fingerprint density at radius 2 is 1.97 bits per heavy atom. The van der Waals surface area contributed by atoms with Gasteiger partial charge in [-0.3, -0.25) is 19.0 Å². The first kappa shape index (κ1) is 22.4. The topological polar surface area (TPSA) is 97.2 Å². The zero-order chi connectivity index (χ0) is 24.6. The first-order valence-electron chi connectivity index (χ1n) is 12.8. The molecule has 1 saturated carbocycles. The van der Waals surface area contributed by atoms with Crippen molar-refractivity contribution in [1.29, 1.82) is 0 Å². The number of thiophene rings is 1. The third kappa shape index (κ3) is 3.21. The van der Waals surface area contributed by atoms with E-state index in [-0.39, 0.29) is 23.2 Å². The predicted molar refractivity (Wildman–Crippen MR) is 139 cm³/mol. The summed E-state index contributed by atoms with van der Waals surface area (Å²) in [5.74, 6) is 0.813. The fourth-order valence-electron chi connectivity index (χ4n) is 6.62. The number of carbonyl (C=O) groups is 2. The summed E-state index contributed by atoms with van der Waals surface area (Å²) in [5.41, 5.74) is 1.16. The van der Waals surface area contributed by atoms with Crippen molar-refractivity contribution in [2.24, 2.45) is 5.92 Å². The van der Waals surface area contributed by atoms with E-state index in [0.29, 0.717) is 28.6 Å². The second kappa shape index (κ2) is 8.11. The monoisotopic (exact) mass is 523 g/mol. The fourth-order valence-corrected chi connectivity index (χ4v) is 8.18. The number of ketones is 1. The number of fused-ring (bicyclic) bond motifs is 5. The van der Waals surface area contributed by atoms with E-state index in [9.17, 15) is 14.4 Å². The zero-order valence-electron chi connectivity index (χ0n) is 19.8. The number of anilines is 2. The number of nitrogens with one attached hydrogen (secondary N) is 1. The second-order valence-corrected chi connectivity index (χ2v) is 12.1. The summed E-state index contributed by atoms with van der Waals surface area (Å²) in [6.45, 7) is 1.75. The Balaban J connectivity index is 1.27. The number of amides is 1. The van der Waals surface area contributed by atoms with Gasteiger partial charge in [-0.1, -0.05) is 24.4 Å². The first-order chi connectivity index (χ1) is 17.4. The highest BCUT2D eigenvalue weighted by atomic mass is 35.5. The number of rotatable bonds is 3. The van der Waals surface area contributed by atoms with E-state index in [4.69, 9.17) is 11.6 Å². The van der Waals surface area contributed by atoms with E-state index >= 15 is 0 Å². The van der Waals surface area contributed by atoms with Gasteiger partial charge in [0.1, 0.15) is 28.4 Å². The Hall–Kier alpha value is -2.78. The molecule has 4 aliphatic rings. The van der Waals surface area contributed by atoms with Crippen LogP contribution < -0.4 is 10.9 Å². The van der Waals surface area contributed by atoms with Gasteiger partial charge in [0.25, 0.3) is 5.56 Å². The van der Waals surface area contributed by atoms with Crippen LogP contribution >= 0.6 is 22.9 Å².